The molecule has 0 aliphatic rings. The molecular formula is C6HBr4F. The first-order valence-corrected chi connectivity index (χ1v) is 5.69. The lowest BCUT2D eigenvalue weighted by Crippen LogP contribution is -1.81. The summed E-state index contributed by atoms with van der Waals surface area (Å²) >= 11 is 12.8. The molecule has 0 radical (unpaired) electrons. The third kappa shape index (κ3) is 2.05. The first-order valence-electron chi connectivity index (χ1n) is 2.52. The average Bonchev–Trinajstić information content (AvgIpc) is 1.97. The van der Waals surface area contributed by atoms with Crippen molar-refractivity contribution in [2.75, 3.05) is 0 Å². The van der Waals surface area contributed by atoms with Gasteiger partial charge in [0, 0.05) is 8.95 Å². The van der Waals surface area contributed by atoms with Crippen LogP contribution in [0.2, 0.25) is 0 Å². The number of rotatable bonds is 0. The molecule has 1 aromatic carbocycles. The van der Waals surface area contributed by atoms with E-state index in [1.807, 2.05) is 0 Å². The molecule has 0 fully saturated rings. The monoisotopic (exact) mass is 408 g/mol. The fourth-order valence-corrected chi connectivity index (χ4v) is 2.50. The zero-order chi connectivity index (χ0) is 8.59. The minimum Gasteiger partial charge on any atom is -0.206 e. The Labute approximate surface area is 97.1 Å². The van der Waals surface area contributed by atoms with Crippen molar-refractivity contribution in [2.45, 2.75) is 0 Å². The van der Waals surface area contributed by atoms with Crippen molar-refractivity contribution < 1.29 is 4.39 Å². The summed E-state index contributed by atoms with van der Waals surface area (Å²) in [5.41, 5.74) is 0. The van der Waals surface area contributed by atoms with E-state index < -0.39 is 0 Å². The summed E-state index contributed by atoms with van der Waals surface area (Å²) in [5.74, 6) is -0.299. The van der Waals surface area contributed by atoms with Crippen LogP contribution in [0.5, 0.6) is 0 Å². The van der Waals surface area contributed by atoms with Crippen molar-refractivity contribution >= 4 is 63.7 Å². The molecule has 0 bridgehead atoms. The highest BCUT2D eigenvalue weighted by Gasteiger charge is 2.10. The van der Waals surface area contributed by atoms with E-state index in [-0.39, 0.29) is 5.82 Å². The highest BCUT2D eigenvalue weighted by Crippen LogP contribution is 2.37. The maximum Gasteiger partial charge on any atom is 0.139 e. The predicted molar refractivity (Wildman–Crippen MR) is 57.2 cm³/mol. The van der Waals surface area contributed by atoms with Crippen LogP contribution in [0.1, 0.15) is 0 Å². The summed E-state index contributed by atoms with van der Waals surface area (Å²) in [5, 5.41) is 0. The van der Waals surface area contributed by atoms with Crippen LogP contribution in [-0.2, 0) is 0 Å². The maximum atomic E-state index is 12.9. The molecule has 0 saturated carbocycles. The molecule has 60 valence electrons. The Kier molecular flexibility index (Phi) is 3.56. The van der Waals surface area contributed by atoms with Gasteiger partial charge in [0.2, 0.25) is 0 Å². The Bertz CT molecular complexity index is 271. The van der Waals surface area contributed by atoms with Gasteiger partial charge >= 0.3 is 0 Å². The van der Waals surface area contributed by atoms with Crippen LogP contribution in [0, 0.1) is 5.82 Å². The Hall–Kier alpha value is 1.07. The van der Waals surface area contributed by atoms with Gasteiger partial charge in [0.15, 0.2) is 0 Å². The van der Waals surface area contributed by atoms with Crippen LogP contribution in [-0.4, -0.2) is 0 Å². The molecule has 0 aliphatic heterocycles. The van der Waals surface area contributed by atoms with Crippen LogP contribution >= 0.6 is 63.7 Å². The van der Waals surface area contributed by atoms with Crippen molar-refractivity contribution in [3.63, 3.8) is 0 Å². The standard InChI is InChI=1S/C6HBr4F/c7-2-1-3(11)5(9)6(10)4(2)8/h1H. The molecule has 0 amide bonds. The largest absolute Gasteiger partial charge is 0.206 e. The van der Waals surface area contributed by atoms with E-state index in [9.17, 15) is 4.39 Å². The van der Waals surface area contributed by atoms with Crippen molar-refractivity contribution in [3.8, 4) is 0 Å². The Balaban J connectivity index is 3.46. The lowest BCUT2D eigenvalue weighted by Gasteiger charge is -2.02. The van der Waals surface area contributed by atoms with Crippen LogP contribution in [0.15, 0.2) is 24.0 Å². The topological polar surface area (TPSA) is 0 Å². The fraction of sp³-hybridized carbons (Fsp3) is 0. The number of hydrogen-bond donors (Lipinski definition) is 0. The summed E-state index contributed by atoms with van der Waals surface area (Å²) in [4.78, 5) is 0. The normalized spacial score (nSPS) is 10.3. The van der Waals surface area contributed by atoms with Crippen LogP contribution in [0.3, 0.4) is 0 Å². The second-order valence-electron chi connectivity index (χ2n) is 1.78. The van der Waals surface area contributed by atoms with Gasteiger partial charge in [-0.15, -0.1) is 0 Å². The van der Waals surface area contributed by atoms with Crippen molar-refractivity contribution in [3.05, 3.63) is 29.8 Å². The Morgan fingerprint density at radius 3 is 2.00 bits per heavy atom. The molecule has 0 spiro atoms. The fourth-order valence-electron chi connectivity index (χ4n) is 0.544. The smallest absolute Gasteiger partial charge is 0.139 e. The highest BCUT2D eigenvalue weighted by atomic mass is 79.9. The first kappa shape index (κ1) is 10.2. The molecule has 0 unspecified atom stereocenters. The third-order valence-electron chi connectivity index (χ3n) is 1.06. The molecule has 0 N–H and O–H groups in total. The van der Waals surface area contributed by atoms with E-state index in [1.54, 1.807) is 0 Å². The van der Waals surface area contributed by atoms with E-state index >= 15 is 0 Å². The summed E-state index contributed by atoms with van der Waals surface area (Å²) in [7, 11) is 0. The van der Waals surface area contributed by atoms with Gasteiger partial charge in [-0.25, -0.2) is 4.39 Å². The minimum atomic E-state index is -0.299. The molecular weight excluding hydrogens is 411 g/mol. The first-order chi connectivity index (χ1) is 5.04. The number of halogens is 5. The van der Waals surface area contributed by atoms with Gasteiger partial charge in [-0.05, 0) is 69.8 Å². The Morgan fingerprint density at radius 1 is 0.909 bits per heavy atom. The number of benzene rings is 1. The molecule has 0 aromatic heterocycles. The number of hydrogen-bond acceptors (Lipinski definition) is 0. The molecule has 1 rings (SSSR count). The zero-order valence-electron chi connectivity index (χ0n) is 4.97. The molecule has 1 aromatic rings. The SMILES string of the molecule is Fc1cc(Br)c(Br)c(Br)c1Br. The van der Waals surface area contributed by atoms with Crippen molar-refractivity contribution in [1.82, 2.24) is 0 Å². The summed E-state index contributed by atoms with van der Waals surface area (Å²) in [6, 6.07) is 1.39. The molecule has 0 aliphatic carbocycles. The van der Waals surface area contributed by atoms with Crippen molar-refractivity contribution in [2.24, 2.45) is 0 Å². The second-order valence-corrected chi connectivity index (χ2v) is 5.02. The van der Waals surface area contributed by atoms with E-state index in [4.69, 9.17) is 0 Å². The minimum absolute atomic E-state index is 0.299. The summed E-state index contributed by atoms with van der Waals surface area (Å²) < 4.78 is 15.5. The van der Waals surface area contributed by atoms with Crippen molar-refractivity contribution in [1.29, 1.82) is 0 Å². The molecule has 0 saturated heterocycles. The van der Waals surface area contributed by atoms with E-state index in [1.165, 1.54) is 6.07 Å². The average molecular weight is 412 g/mol. The zero-order valence-corrected chi connectivity index (χ0v) is 11.3. The third-order valence-corrected chi connectivity index (χ3v) is 5.67. The van der Waals surface area contributed by atoms with Crippen LogP contribution in [0.25, 0.3) is 0 Å². The van der Waals surface area contributed by atoms with Gasteiger partial charge in [0.25, 0.3) is 0 Å². The predicted octanol–water partition coefficient (Wildman–Crippen LogP) is 4.88. The molecule has 0 heterocycles. The van der Waals surface area contributed by atoms with Gasteiger partial charge in [0.1, 0.15) is 5.82 Å². The van der Waals surface area contributed by atoms with Gasteiger partial charge in [-0.1, -0.05) is 0 Å². The van der Waals surface area contributed by atoms with Gasteiger partial charge in [-0.3, -0.25) is 0 Å². The summed E-state index contributed by atoms with van der Waals surface area (Å²) in [6.07, 6.45) is 0. The molecule has 0 nitrogen and oxygen atoms in total. The van der Waals surface area contributed by atoms with Gasteiger partial charge in [0.05, 0.1) is 8.95 Å². The van der Waals surface area contributed by atoms with Crippen LogP contribution in [0.4, 0.5) is 4.39 Å². The van der Waals surface area contributed by atoms with Gasteiger partial charge < -0.3 is 0 Å². The lowest BCUT2D eigenvalue weighted by molar-refractivity contribution is 0.618. The quantitative estimate of drug-likeness (QED) is 0.422. The van der Waals surface area contributed by atoms with Gasteiger partial charge in [-0.2, -0.15) is 0 Å². The van der Waals surface area contributed by atoms with Crippen LogP contribution < -0.4 is 0 Å². The lowest BCUT2D eigenvalue weighted by atomic mass is 10.3. The maximum absolute atomic E-state index is 12.9. The van der Waals surface area contributed by atoms with E-state index in [0.29, 0.717) is 13.4 Å². The molecule has 11 heavy (non-hydrogen) atoms. The Morgan fingerprint density at radius 2 is 1.45 bits per heavy atom. The highest BCUT2D eigenvalue weighted by molar-refractivity contribution is 9.15. The van der Waals surface area contributed by atoms with E-state index in [0.717, 1.165) is 4.47 Å². The molecule has 0 atom stereocenters. The van der Waals surface area contributed by atoms with E-state index in [2.05, 4.69) is 63.7 Å². The summed E-state index contributed by atoms with van der Waals surface area (Å²) in [6.45, 7) is 0. The second kappa shape index (κ2) is 3.85. The molecule has 5 heteroatoms.